The van der Waals surface area contributed by atoms with Gasteiger partial charge in [0.1, 0.15) is 5.75 Å². The van der Waals surface area contributed by atoms with E-state index in [0.29, 0.717) is 0 Å². The van der Waals surface area contributed by atoms with Crippen LogP contribution < -0.4 is 4.74 Å². The molecule has 83 valence electrons. The van der Waals surface area contributed by atoms with Crippen LogP contribution in [0.3, 0.4) is 0 Å². The highest BCUT2D eigenvalue weighted by Gasteiger charge is 2.06. The molecule has 0 saturated heterocycles. The number of benzene rings is 1. The molecule has 2 aromatic rings. The summed E-state index contributed by atoms with van der Waals surface area (Å²) in [7, 11) is 0. The molecule has 0 amide bonds. The molecule has 1 N–H and O–H groups in total. The largest absolute Gasteiger partial charge is 0.491 e. The highest BCUT2D eigenvalue weighted by Crippen LogP contribution is 2.28. The van der Waals surface area contributed by atoms with Crippen molar-refractivity contribution in [2.24, 2.45) is 0 Å². The SMILES string of the molecule is CCCCOc1c[nH][c]c1-c1ccccc1. The van der Waals surface area contributed by atoms with E-state index in [9.17, 15) is 0 Å². The van der Waals surface area contributed by atoms with Crippen LogP contribution in [0.1, 0.15) is 19.8 Å². The monoisotopic (exact) mass is 214 g/mol. The van der Waals surface area contributed by atoms with Gasteiger partial charge in [0, 0.05) is 6.20 Å². The first kappa shape index (κ1) is 10.8. The Morgan fingerprint density at radius 1 is 1.25 bits per heavy atom. The van der Waals surface area contributed by atoms with Gasteiger partial charge in [0.15, 0.2) is 0 Å². The van der Waals surface area contributed by atoms with Crippen LogP contribution in [0.4, 0.5) is 0 Å². The summed E-state index contributed by atoms with van der Waals surface area (Å²) in [5, 5.41) is 0. The fourth-order valence-electron chi connectivity index (χ4n) is 1.57. The molecule has 0 fully saturated rings. The van der Waals surface area contributed by atoms with Gasteiger partial charge in [-0.05, 0) is 12.0 Å². The summed E-state index contributed by atoms with van der Waals surface area (Å²) in [6.07, 6.45) is 7.19. The van der Waals surface area contributed by atoms with Crippen LogP contribution in [0.25, 0.3) is 11.1 Å². The van der Waals surface area contributed by atoms with Gasteiger partial charge < -0.3 is 9.72 Å². The van der Waals surface area contributed by atoms with Crippen LogP contribution in [-0.2, 0) is 0 Å². The lowest BCUT2D eigenvalue weighted by Gasteiger charge is -2.06. The number of aromatic amines is 1. The quantitative estimate of drug-likeness (QED) is 0.755. The zero-order valence-corrected chi connectivity index (χ0v) is 9.49. The first-order valence-corrected chi connectivity index (χ1v) is 5.69. The van der Waals surface area contributed by atoms with Gasteiger partial charge in [0.25, 0.3) is 0 Å². The highest BCUT2D eigenvalue weighted by atomic mass is 16.5. The topological polar surface area (TPSA) is 25.0 Å². The standard InChI is InChI=1S/C14H16NO/c1-2-3-9-16-14-11-15-10-13(14)12-7-5-4-6-8-12/h4-8,11,15H,2-3,9H2,1H3. The van der Waals surface area contributed by atoms with Crippen LogP contribution in [0.15, 0.2) is 36.5 Å². The number of nitrogens with one attached hydrogen (secondary N) is 1. The second-order valence-corrected chi connectivity index (χ2v) is 3.72. The van der Waals surface area contributed by atoms with E-state index in [1.165, 1.54) is 0 Å². The molecule has 1 aromatic heterocycles. The van der Waals surface area contributed by atoms with Gasteiger partial charge in [0.2, 0.25) is 0 Å². The first-order valence-electron chi connectivity index (χ1n) is 5.69. The molecule has 0 atom stereocenters. The zero-order valence-electron chi connectivity index (χ0n) is 9.49. The Morgan fingerprint density at radius 2 is 2.06 bits per heavy atom. The lowest BCUT2D eigenvalue weighted by atomic mass is 10.1. The van der Waals surface area contributed by atoms with Crippen LogP contribution in [0.2, 0.25) is 0 Å². The van der Waals surface area contributed by atoms with E-state index in [4.69, 9.17) is 4.74 Å². The minimum atomic E-state index is 0.766. The summed E-state index contributed by atoms with van der Waals surface area (Å²) in [4.78, 5) is 2.97. The number of unbranched alkanes of at least 4 members (excludes halogenated alkanes) is 1. The van der Waals surface area contributed by atoms with Gasteiger partial charge in [-0.2, -0.15) is 0 Å². The van der Waals surface area contributed by atoms with Crippen molar-refractivity contribution in [3.05, 3.63) is 42.7 Å². The molecule has 0 aliphatic carbocycles. The molecule has 0 aliphatic rings. The zero-order chi connectivity index (χ0) is 11.2. The van der Waals surface area contributed by atoms with Crippen LogP contribution in [-0.4, -0.2) is 11.6 Å². The summed E-state index contributed by atoms with van der Waals surface area (Å²) < 4.78 is 5.71. The van der Waals surface area contributed by atoms with Gasteiger partial charge >= 0.3 is 0 Å². The number of H-pyrrole nitrogens is 1. The Balaban J connectivity index is 2.13. The van der Waals surface area contributed by atoms with E-state index >= 15 is 0 Å². The Morgan fingerprint density at radius 3 is 2.81 bits per heavy atom. The van der Waals surface area contributed by atoms with Crippen molar-refractivity contribution in [2.45, 2.75) is 19.8 Å². The first-order chi connectivity index (χ1) is 7.92. The lowest BCUT2D eigenvalue weighted by Crippen LogP contribution is -1.96. The summed E-state index contributed by atoms with van der Waals surface area (Å²) >= 11 is 0. The average molecular weight is 214 g/mol. The predicted molar refractivity (Wildman–Crippen MR) is 65.5 cm³/mol. The molecule has 0 aliphatic heterocycles. The molecule has 0 saturated carbocycles. The minimum Gasteiger partial charge on any atom is -0.491 e. The van der Waals surface area contributed by atoms with Crippen molar-refractivity contribution in [3.8, 4) is 16.9 Å². The van der Waals surface area contributed by atoms with Crippen molar-refractivity contribution >= 4 is 0 Å². The van der Waals surface area contributed by atoms with Crippen molar-refractivity contribution in [1.29, 1.82) is 0 Å². The Hall–Kier alpha value is -1.70. The van der Waals surface area contributed by atoms with Crippen LogP contribution in [0.5, 0.6) is 5.75 Å². The number of ether oxygens (including phenoxy) is 1. The molecule has 0 spiro atoms. The van der Waals surface area contributed by atoms with Crippen LogP contribution >= 0.6 is 0 Å². The Bertz CT molecular complexity index is 419. The number of rotatable bonds is 5. The van der Waals surface area contributed by atoms with Gasteiger partial charge in [-0.15, -0.1) is 0 Å². The van der Waals surface area contributed by atoms with Gasteiger partial charge in [-0.1, -0.05) is 43.7 Å². The van der Waals surface area contributed by atoms with Gasteiger partial charge in [-0.3, -0.25) is 0 Å². The third-order valence-electron chi connectivity index (χ3n) is 2.46. The molecule has 1 aromatic carbocycles. The number of hydrogen-bond acceptors (Lipinski definition) is 1. The molecule has 16 heavy (non-hydrogen) atoms. The summed E-state index contributed by atoms with van der Waals surface area (Å²) in [5.41, 5.74) is 2.15. The van der Waals surface area contributed by atoms with Gasteiger partial charge in [-0.25, -0.2) is 0 Å². The minimum absolute atomic E-state index is 0.766. The molecule has 1 radical (unpaired) electrons. The molecule has 0 unspecified atom stereocenters. The molecule has 2 heteroatoms. The normalized spacial score (nSPS) is 10.3. The smallest absolute Gasteiger partial charge is 0.145 e. The third-order valence-corrected chi connectivity index (χ3v) is 2.46. The maximum Gasteiger partial charge on any atom is 0.145 e. The molecule has 2 rings (SSSR count). The second-order valence-electron chi connectivity index (χ2n) is 3.72. The van der Waals surface area contributed by atoms with E-state index in [1.807, 2.05) is 24.4 Å². The van der Waals surface area contributed by atoms with E-state index in [0.717, 1.165) is 36.3 Å². The highest BCUT2D eigenvalue weighted by molar-refractivity contribution is 5.68. The van der Waals surface area contributed by atoms with Crippen molar-refractivity contribution in [2.75, 3.05) is 6.61 Å². The fourth-order valence-corrected chi connectivity index (χ4v) is 1.57. The summed E-state index contributed by atoms with van der Waals surface area (Å²) in [6.45, 7) is 2.92. The summed E-state index contributed by atoms with van der Waals surface area (Å²) in [5.74, 6) is 0.889. The number of hydrogen-bond donors (Lipinski definition) is 1. The van der Waals surface area contributed by atoms with E-state index in [2.05, 4.69) is 30.2 Å². The lowest BCUT2D eigenvalue weighted by molar-refractivity contribution is 0.311. The second kappa shape index (κ2) is 5.40. The maximum absolute atomic E-state index is 5.71. The molecule has 2 nitrogen and oxygen atoms in total. The van der Waals surface area contributed by atoms with Gasteiger partial charge in [0.05, 0.1) is 18.4 Å². The van der Waals surface area contributed by atoms with E-state index in [-0.39, 0.29) is 0 Å². The number of aromatic nitrogens is 1. The van der Waals surface area contributed by atoms with Crippen molar-refractivity contribution in [3.63, 3.8) is 0 Å². The molecule has 1 heterocycles. The van der Waals surface area contributed by atoms with E-state index < -0.39 is 0 Å². The average Bonchev–Trinajstić information content (AvgIpc) is 2.79. The third kappa shape index (κ3) is 2.45. The Kier molecular flexibility index (Phi) is 3.65. The van der Waals surface area contributed by atoms with Crippen molar-refractivity contribution in [1.82, 2.24) is 4.98 Å². The molecular weight excluding hydrogens is 198 g/mol. The van der Waals surface area contributed by atoms with Crippen LogP contribution in [0, 0.1) is 6.20 Å². The Labute approximate surface area is 96.3 Å². The maximum atomic E-state index is 5.71. The fraction of sp³-hybridized carbons (Fsp3) is 0.286. The van der Waals surface area contributed by atoms with Crippen molar-refractivity contribution < 1.29 is 4.74 Å². The summed E-state index contributed by atoms with van der Waals surface area (Å²) in [6, 6.07) is 10.2. The molecular formula is C14H16NO. The predicted octanol–water partition coefficient (Wildman–Crippen LogP) is 3.66. The van der Waals surface area contributed by atoms with E-state index in [1.54, 1.807) is 0 Å². The molecule has 0 bridgehead atoms.